The Hall–Kier alpha value is -2.34. The number of hydrogen-bond acceptors (Lipinski definition) is 3. The Kier molecular flexibility index (Phi) is 5.71. The second kappa shape index (κ2) is 8.16. The molecule has 1 aliphatic carbocycles. The summed E-state index contributed by atoms with van der Waals surface area (Å²) in [5.74, 6) is 0.391. The Labute approximate surface area is 148 Å². The first kappa shape index (κ1) is 17.5. The molecular formula is C19H26N4O2. The van der Waals surface area contributed by atoms with Gasteiger partial charge < -0.3 is 15.3 Å². The third-order valence-electron chi connectivity index (χ3n) is 4.55. The van der Waals surface area contributed by atoms with Crippen molar-refractivity contribution in [2.24, 2.45) is 5.92 Å². The number of hydrogen-bond donors (Lipinski definition) is 2. The Morgan fingerprint density at radius 3 is 2.80 bits per heavy atom. The number of aromatic nitrogens is 2. The quantitative estimate of drug-likeness (QED) is 0.774. The number of rotatable bonds is 8. The molecule has 1 fully saturated rings. The van der Waals surface area contributed by atoms with Crippen molar-refractivity contribution in [3.63, 3.8) is 0 Å². The molecule has 0 bridgehead atoms. The van der Waals surface area contributed by atoms with E-state index in [0.717, 1.165) is 31.4 Å². The predicted octanol–water partition coefficient (Wildman–Crippen LogP) is 3.10. The van der Waals surface area contributed by atoms with Gasteiger partial charge in [0.05, 0.1) is 24.5 Å². The van der Waals surface area contributed by atoms with E-state index < -0.39 is 0 Å². The summed E-state index contributed by atoms with van der Waals surface area (Å²) in [6.45, 7) is 3.38. The molecule has 1 saturated carbocycles. The maximum atomic E-state index is 12.9. The van der Waals surface area contributed by atoms with Gasteiger partial charge in [0.15, 0.2) is 0 Å². The first-order valence-corrected chi connectivity index (χ1v) is 8.96. The van der Waals surface area contributed by atoms with Crippen LogP contribution >= 0.6 is 0 Å². The molecule has 3 rings (SSSR count). The topological polar surface area (TPSA) is 70.4 Å². The first-order valence-electron chi connectivity index (χ1n) is 8.96. The predicted molar refractivity (Wildman–Crippen MR) is 97.1 cm³/mol. The zero-order chi connectivity index (χ0) is 17.6. The van der Waals surface area contributed by atoms with E-state index >= 15 is 0 Å². The minimum Gasteiger partial charge on any atom is -0.394 e. The van der Waals surface area contributed by atoms with Crippen molar-refractivity contribution in [2.45, 2.75) is 45.3 Å². The summed E-state index contributed by atoms with van der Waals surface area (Å²) in [6.07, 6.45) is 6.63. The number of carbonyl (C=O) groups is 1. The van der Waals surface area contributed by atoms with Gasteiger partial charge in [-0.05, 0) is 30.7 Å². The molecule has 1 heterocycles. The van der Waals surface area contributed by atoms with Crippen LogP contribution in [0.15, 0.2) is 42.7 Å². The summed E-state index contributed by atoms with van der Waals surface area (Å²) in [5.41, 5.74) is 1.74. The van der Waals surface area contributed by atoms with E-state index in [1.54, 1.807) is 11.1 Å². The second-order valence-corrected chi connectivity index (χ2v) is 6.62. The van der Waals surface area contributed by atoms with Crippen molar-refractivity contribution in [3.8, 4) is 0 Å². The van der Waals surface area contributed by atoms with Gasteiger partial charge in [-0.2, -0.15) is 5.10 Å². The Balaban J connectivity index is 1.73. The van der Waals surface area contributed by atoms with Crippen LogP contribution in [0.5, 0.6) is 0 Å². The number of urea groups is 1. The number of amides is 2. The van der Waals surface area contributed by atoms with Gasteiger partial charge in [0, 0.05) is 19.3 Å². The molecule has 6 nitrogen and oxygen atoms in total. The maximum Gasteiger partial charge on any atom is 0.322 e. The first-order chi connectivity index (χ1) is 12.2. The Morgan fingerprint density at radius 2 is 2.16 bits per heavy atom. The number of benzene rings is 1. The minimum atomic E-state index is -0.189. The molecule has 0 saturated heterocycles. The molecule has 1 unspecified atom stereocenters. The summed E-state index contributed by atoms with van der Waals surface area (Å²) in [6, 6.07) is 9.55. The number of nitrogens with one attached hydrogen (secondary N) is 1. The van der Waals surface area contributed by atoms with Crippen molar-refractivity contribution >= 4 is 11.7 Å². The van der Waals surface area contributed by atoms with E-state index in [0.29, 0.717) is 18.2 Å². The highest BCUT2D eigenvalue weighted by Gasteiger charge is 2.37. The molecule has 6 heteroatoms. The number of aliphatic hydroxyl groups is 1. The highest BCUT2D eigenvalue weighted by Crippen LogP contribution is 2.36. The number of aryl methyl sites for hydroxylation is 1. The summed E-state index contributed by atoms with van der Waals surface area (Å²) in [4.78, 5) is 14.6. The summed E-state index contributed by atoms with van der Waals surface area (Å²) in [7, 11) is 0. The molecule has 1 atom stereocenters. The van der Waals surface area contributed by atoms with Crippen LogP contribution in [0.1, 0.15) is 31.7 Å². The second-order valence-electron chi connectivity index (χ2n) is 6.62. The van der Waals surface area contributed by atoms with Crippen molar-refractivity contribution in [1.82, 2.24) is 14.7 Å². The minimum absolute atomic E-state index is 0.0139. The van der Waals surface area contributed by atoms with Gasteiger partial charge in [-0.1, -0.05) is 37.3 Å². The Morgan fingerprint density at radius 1 is 1.40 bits per heavy atom. The molecule has 0 spiro atoms. The monoisotopic (exact) mass is 342 g/mol. The summed E-state index contributed by atoms with van der Waals surface area (Å²) >= 11 is 0. The zero-order valence-electron chi connectivity index (χ0n) is 14.6. The fourth-order valence-electron chi connectivity index (χ4n) is 3.08. The van der Waals surface area contributed by atoms with Crippen LogP contribution in [0.3, 0.4) is 0 Å². The molecule has 25 heavy (non-hydrogen) atoms. The van der Waals surface area contributed by atoms with Gasteiger partial charge in [-0.15, -0.1) is 0 Å². The molecule has 134 valence electrons. The van der Waals surface area contributed by atoms with Gasteiger partial charge in [-0.25, -0.2) is 4.79 Å². The summed E-state index contributed by atoms with van der Waals surface area (Å²) < 4.78 is 1.82. The lowest BCUT2D eigenvalue weighted by molar-refractivity contribution is 0.124. The third-order valence-corrected chi connectivity index (χ3v) is 4.55. The number of carbonyl (C=O) groups excluding carboxylic acids is 1. The van der Waals surface area contributed by atoms with Crippen LogP contribution in [0.25, 0.3) is 0 Å². The number of anilines is 1. The molecule has 2 N–H and O–H groups in total. The van der Waals surface area contributed by atoms with Crippen molar-refractivity contribution in [3.05, 3.63) is 48.3 Å². The van der Waals surface area contributed by atoms with Crippen molar-refractivity contribution in [2.75, 3.05) is 11.9 Å². The van der Waals surface area contributed by atoms with Gasteiger partial charge in [-0.3, -0.25) is 4.68 Å². The fraction of sp³-hybridized carbons (Fsp3) is 0.474. The maximum absolute atomic E-state index is 12.9. The number of aliphatic hydroxyl groups excluding tert-OH is 1. The van der Waals surface area contributed by atoms with Crippen LogP contribution in [0, 0.1) is 5.92 Å². The van der Waals surface area contributed by atoms with E-state index in [-0.39, 0.29) is 18.7 Å². The molecule has 1 aliphatic rings. The highest BCUT2D eigenvalue weighted by atomic mass is 16.3. The van der Waals surface area contributed by atoms with Crippen LogP contribution in [0.2, 0.25) is 0 Å². The molecule has 0 radical (unpaired) electrons. The van der Waals surface area contributed by atoms with E-state index in [1.165, 1.54) is 0 Å². The lowest BCUT2D eigenvalue weighted by atomic mass is 10.1. The molecular weight excluding hydrogens is 316 g/mol. The third kappa shape index (κ3) is 4.60. The van der Waals surface area contributed by atoms with E-state index in [1.807, 2.05) is 41.2 Å². The normalized spacial score (nSPS) is 15.0. The molecule has 1 aromatic carbocycles. The van der Waals surface area contributed by atoms with Gasteiger partial charge in [0.2, 0.25) is 0 Å². The van der Waals surface area contributed by atoms with Crippen LogP contribution in [-0.4, -0.2) is 38.5 Å². The van der Waals surface area contributed by atoms with Crippen LogP contribution in [0.4, 0.5) is 10.5 Å². The lowest BCUT2D eigenvalue weighted by Crippen LogP contribution is -2.45. The average molecular weight is 342 g/mol. The largest absolute Gasteiger partial charge is 0.394 e. The van der Waals surface area contributed by atoms with Gasteiger partial charge >= 0.3 is 6.03 Å². The van der Waals surface area contributed by atoms with Gasteiger partial charge in [0.25, 0.3) is 0 Å². The molecule has 2 aromatic rings. The van der Waals surface area contributed by atoms with Crippen LogP contribution < -0.4 is 5.32 Å². The number of nitrogens with zero attached hydrogens (tertiary/aromatic N) is 3. The van der Waals surface area contributed by atoms with E-state index in [4.69, 9.17) is 0 Å². The standard InChI is InChI=1S/C19H26N4O2/c1-2-10-22-13-17(11-20-22)21-19(25)23(18(14-24)16-8-9-16)12-15-6-4-3-5-7-15/h3-7,11,13,16,18,24H,2,8-10,12,14H2,1H3,(H,21,25). The zero-order valence-corrected chi connectivity index (χ0v) is 14.6. The molecule has 0 aliphatic heterocycles. The average Bonchev–Trinajstić information content (AvgIpc) is 3.36. The van der Waals surface area contributed by atoms with Crippen LogP contribution in [-0.2, 0) is 13.1 Å². The van der Waals surface area contributed by atoms with E-state index in [2.05, 4.69) is 17.3 Å². The van der Waals surface area contributed by atoms with Gasteiger partial charge in [0.1, 0.15) is 0 Å². The summed E-state index contributed by atoms with van der Waals surface area (Å²) in [5, 5.41) is 17.0. The van der Waals surface area contributed by atoms with Crippen molar-refractivity contribution in [1.29, 1.82) is 0 Å². The SMILES string of the molecule is CCCn1cc(NC(=O)N(Cc2ccccc2)C(CO)C2CC2)cn1. The molecule has 2 amide bonds. The highest BCUT2D eigenvalue weighted by molar-refractivity contribution is 5.89. The fourth-order valence-corrected chi connectivity index (χ4v) is 3.08. The lowest BCUT2D eigenvalue weighted by Gasteiger charge is -2.31. The smallest absolute Gasteiger partial charge is 0.322 e. The molecule has 1 aromatic heterocycles. The van der Waals surface area contributed by atoms with Crippen molar-refractivity contribution < 1.29 is 9.90 Å². The van der Waals surface area contributed by atoms with E-state index in [9.17, 15) is 9.90 Å². The Bertz CT molecular complexity index is 682.